The van der Waals surface area contributed by atoms with Crippen LogP contribution in [0.5, 0.6) is 0 Å². The zero-order valence-corrected chi connectivity index (χ0v) is 20.8. The van der Waals surface area contributed by atoms with Gasteiger partial charge in [-0.1, -0.05) is 125 Å². The van der Waals surface area contributed by atoms with E-state index in [9.17, 15) is 10.2 Å². The second-order valence-corrected chi connectivity index (χ2v) is 11.5. The van der Waals surface area contributed by atoms with Crippen LogP contribution in [0, 0.1) is 0 Å². The fourth-order valence-corrected chi connectivity index (χ4v) is 7.08. The Hall–Kier alpha value is -3.20. The highest BCUT2D eigenvalue weighted by Crippen LogP contribution is 2.69. The molecule has 0 aromatic heterocycles. The van der Waals surface area contributed by atoms with E-state index in [0.29, 0.717) is 6.42 Å². The summed E-state index contributed by atoms with van der Waals surface area (Å²) in [7, 11) is 0. The molecule has 2 nitrogen and oxygen atoms in total. The molecule has 0 saturated carbocycles. The molecule has 0 amide bonds. The first kappa shape index (κ1) is 22.3. The lowest BCUT2D eigenvalue weighted by molar-refractivity contribution is -0.234. The maximum Gasteiger partial charge on any atom is 0.186 e. The zero-order chi connectivity index (χ0) is 24.6. The maximum absolute atomic E-state index is 12.4. The summed E-state index contributed by atoms with van der Waals surface area (Å²) in [6, 6.07) is 33.5. The predicted molar refractivity (Wildman–Crippen MR) is 142 cm³/mol. The van der Waals surface area contributed by atoms with Crippen LogP contribution in [0.3, 0.4) is 0 Å². The molecular formula is C33H32O2. The average Bonchev–Trinajstić information content (AvgIpc) is 3.19. The van der Waals surface area contributed by atoms with Crippen molar-refractivity contribution in [1.82, 2.24) is 0 Å². The molecule has 4 aromatic rings. The highest BCUT2D eigenvalue weighted by Gasteiger charge is 2.71. The van der Waals surface area contributed by atoms with Crippen LogP contribution in [0.25, 0.3) is 22.3 Å². The second-order valence-electron chi connectivity index (χ2n) is 11.5. The molecule has 35 heavy (non-hydrogen) atoms. The van der Waals surface area contributed by atoms with Gasteiger partial charge in [-0.2, -0.15) is 0 Å². The highest BCUT2D eigenvalue weighted by atomic mass is 16.5. The second kappa shape index (κ2) is 7.16. The van der Waals surface area contributed by atoms with Crippen LogP contribution >= 0.6 is 0 Å². The number of hydrogen-bond acceptors (Lipinski definition) is 2. The summed E-state index contributed by atoms with van der Waals surface area (Å²) in [5.74, 6) is -1.99. The van der Waals surface area contributed by atoms with E-state index in [1.165, 1.54) is 5.56 Å². The first-order chi connectivity index (χ1) is 16.6. The molecule has 0 aliphatic heterocycles. The van der Waals surface area contributed by atoms with Crippen LogP contribution in [0.2, 0.25) is 0 Å². The summed E-state index contributed by atoms with van der Waals surface area (Å²) in [5.41, 5.74) is 6.57. The van der Waals surface area contributed by atoms with Gasteiger partial charge in [-0.3, -0.25) is 0 Å². The van der Waals surface area contributed by atoms with Crippen molar-refractivity contribution in [1.29, 1.82) is 0 Å². The molecule has 2 heteroatoms. The Balaban J connectivity index is 1.80. The van der Waals surface area contributed by atoms with E-state index in [1.807, 2.05) is 26.0 Å². The fourth-order valence-electron chi connectivity index (χ4n) is 7.08. The highest BCUT2D eigenvalue weighted by molar-refractivity contribution is 5.82. The van der Waals surface area contributed by atoms with Crippen molar-refractivity contribution >= 4 is 0 Å². The Morgan fingerprint density at radius 2 is 1.00 bits per heavy atom. The molecule has 2 N–H and O–H groups in total. The lowest BCUT2D eigenvalue weighted by atomic mass is 9.65. The molecule has 176 valence electrons. The smallest absolute Gasteiger partial charge is 0.186 e. The monoisotopic (exact) mass is 460 g/mol. The van der Waals surface area contributed by atoms with Crippen LogP contribution in [0.4, 0.5) is 0 Å². The van der Waals surface area contributed by atoms with Gasteiger partial charge in [-0.05, 0) is 56.3 Å². The Bertz CT molecular complexity index is 1370. The average molecular weight is 461 g/mol. The van der Waals surface area contributed by atoms with Crippen molar-refractivity contribution in [2.45, 2.75) is 56.1 Å². The van der Waals surface area contributed by atoms with Crippen LogP contribution in [-0.4, -0.2) is 16.0 Å². The van der Waals surface area contributed by atoms with E-state index < -0.39 is 16.6 Å². The summed E-state index contributed by atoms with van der Waals surface area (Å²) < 4.78 is 0. The molecule has 0 bridgehead atoms. The van der Waals surface area contributed by atoms with Crippen molar-refractivity contribution in [3.63, 3.8) is 0 Å². The summed E-state index contributed by atoms with van der Waals surface area (Å²) in [6.07, 6.45) is 0.618. The van der Waals surface area contributed by atoms with Crippen molar-refractivity contribution < 1.29 is 10.2 Å². The topological polar surface area (TPSA) is 40.5 Å². The van der Waals surface area contributed by atoms with Crippen LogP contribution in [0.1, 0.15) is 56.4 Å². The van der Waals surface area contributed by atoms with E-state index in [1.54, 1.807) is 0 Å². The fraction of sp³-hybridized carbons (Fsp3) is 0.273. The standard InChI is InChI=1S/C33H32O2/c1-30(2)21-32(28-24(17-11-19-26(28)30)22-13-7-5-8-14-22)29-25(23-15-9-6-10-16-23)18-12-20-27(29)31(3,4)33(32,34)35/h5-20,34-35H,21H2,1-4H3. The molecule has 0 fully saturated rings. The van der Waals surface area contributed by atoms with Gasteiger partial charge in [0.05, 0.1) is 5.41 Å². The third-order valence-corrected chi connectivity index (χ3v) is 8.73. The minimum absolute atomic E-state index is 0.238. The summed E-state index contributed by atoms with van der Waals surface area (Å²) in [6.45, 7) is 8.43. The van der Waals surface area contributed by atoms with Gasteiger partial charge in [-0.15, -0.1) is 0 Å². The van der Waals surface area contributed by atoms with Gasteiger partial charge in [0, 0.05) is 5.41 Å². The predicted octanol–water partition coefficient (Wildman–Crippen LogP) is 6.96. The summed E-state index contributed by atoms with van der Waals surface area (Å²) in [4.78, 5) is 0. The Labute approximate surface area is 207 Å². The Morgan fingerprint density at radius 1 is 0.543 bits per heavy atom. The van der Waals surface area contributed by atoms with Gasteiger partial charge >= 0.3 is 0 Å². The molecule has 6 rings (SSSR count). The zero-order valence-electron chi connectivity index (χ0n) is 20.8. The molecule has 1 atom stereocenters. The first-order valence-corrected chi connectivity index (χ1v) is 12.5. The maximum atomic E-state index is 12.4. The lowest BCUT2D eigenvalue weighted by Crippen LogP contribution is -2.57. The van der Waals surface area contributed by atoms with Crippen LogP contribution in [0.15, 0.2) is 97.1 Å². The number of hydrogen-bond donors (Lipinski definition) is 2. The molecule has 0 saturated heterocycles. The van der Waals surface area contributed by atoms with E-state index in [-0.39, 0.29) is 5.41 Å². The Kier molecular flexibility index (Phi) is 4.56. The molecule has 0 radical (unpaired) electrons. The van der Waals surface area contributed by atoms with Gasteiger partial charge in [0.1, 0.15) is 0 Å². The van der Waals surface area contributed by atoms with E-state index >= 15 is 0 Å². The van der Waals surface area contributed by atoms with Gasteiger partial charge in [0.2, 0.25) is 0 Å². The molecule has 2 aliphatic rings. The number of rotatable bonds is 2. The van der Waals surface area contributed by atoms with E-state index in [4.69, 9.17) is 0 Å². The van der Waals surface area contributed by atoms with Crippen molar-refractivity contribution in [2.24, 2.45) is 0 Å². The van der Waals surface area contributed by atoms with Gasteiger partial charge in [0.15, 0.2) is 5.79 Å². The number of fused-ring (bicyclic) bond motifs is 4. The molecule has 0 heterocycles. The molecule has 1 spiro atoms. The first-order valence-electron chi connectivity index (χ1n) is 12.5. The molecule has 4 aromatic carbocycles. The number of benzene rings is 4. The lowest BCUT2D eigenvalue weighted by Gasteiger charge is -2.45. The SMILES string of the molecule is CC1(C)CC2(c3c(-c4ccccc4)cccc31)c1c(-c3ccccc3)cccc1C(C)(C)C2(O)O. The minimum Gasteiger partial charge on any atom is -0.364 e. The van der Waals surface area contributed by atoms with Crippen LogP contribution < -0.4 is 0 Å². The number of aliphatic hydroxyl groups is 2. The minimum atomic E-state index is -1.99. The van der Waals surface area contributed by atoms with Gasteiger partial charge < -0.3 is 10.2 Å². The van der Waals surface area contributed by atoms with E-state index in [2.05, 4.69) is 98.8 Å². The van der Waals surface area contributed by atoms with Gasteiger partial charge in [0.25, 0.3) is 0 Å². The van der Waals surface area contributed by atoms with Crippen molar-refractivity contribution in [3.05, 3.63) is 119 Å². The molecule has 1 unspecified atom stereocenters. The van der Waals surface area contributed by atoms with Crippen LogP contribution in [-0.2, 0) is 16.2 Å². The third-order valence-electron chi connectivity index (χ3n) is 8.73. The largest absolute Gasteiger partial charge is 0.364 e. The van der Waals surface area contributed by atoms with Gasteiger partial charge in [-0.25, -0.2) is 0 Å². The molecular weight excluding hydrogens is 428 g/mol. The normalized spacial score (nSPS) is 22.7. The quantitative estimate of drug-likeness (QED) is 0.318. The Morgan fingerprint density at radius 3 is 1.51 bits per heavy atom. The summed E-state index contributed by atoms with van der Waals surface area (Å²) in [5, 5.41) is 24.7. The van der Waals surface area contributed by atoms with E-state index in [0.717, 1.165) is 38.9 Å². The molecule has 2 aliphatic carbocycles. The summed E-state index contributed by atoms with van der Waals surface area (Å²) >= 11 is 0. The van der Waals surface area contributed by atoms with Crippen molar-refractivity contribution in [2.75, 3.05) is 0 Å². The third kappa shape index (κ3) is 2.73. The van der Waals surface area contributed by atoms with Crippen molar-refractivity contribution in [3.8, 4) is 22.3 Å².